The van der Waals surface area contributed by atoms with Gasteiger partial charge >= 0.3 is 6.09 Å². The summed E-state index contributed by atoms with van der Waals surface area (Å²) in [5, 5.41) is 2.46. The molecule has 0 heterocycles. The van der Waals surface area contributed by atoms with E-state index in [1.807, 2.05) is 12.1 Å². The fourth-order valence-electron chi connectivity index (χ4n) is 1.65. The van der Waals surface area contributed by atoms with E-state index in [0.717, 1.165) is 10.0 Å². The fourth-order valence-corrected chi connectivity index (χ4v) is 1.65. The summed E-state index contributed by atoms with van der Waals surface area (Å²) in [6.07, 6.45) is -0.435. The predicted octanol–water partition coefficient (Wildman–Crippen LogP) is 2.72. The molecule has 100 valence electrons. The second-order valence-corrected chi connectivity index (χ2v) is 5.53. The summed E-state index contributed by atoms with van der Waals surface area (Å²) < 4.78 is 6.00. The minimum absolute atomic E-state index is 0.302. The molecule has 4 nitrogen and oxygen atoms in total. The van der Waals surface area contributed by atoms with Gasteiger partial charge in [0.05, 0.1) is 21.1 Å². The Morgan fingerprint density at radius 2 is 1.89 bits per heavy atom. The van der Waals surface area contributed by atoms with E-state index in [-0.39, 0.29) is 0 Å². The summed E-state index contributed by atoms with van der Waals surface area (Å²) in [6, 6.07) is 5.95. The van der Waals surface area contributed by atoms with Gasteiger partial charge < -0.3 is 10.1 Å². The average molecular weight is 251 g/mol. The van der Waals surface area contributed by atoms with Gasteiger partial charge in [0, 0.05) is 24.7 Å². The van der Waals surface area contributed by atoms with Crippen molar-refractivity contribution in [3.63, 3.8) is 0 Å². The van der Waals surface area contributed by atoms with Crippen LogP contribution in [0.4, 0.5) is 10.5 Å². The van der Waals surface area contributed by atoms with Crippen molar-refractivity contribution >= 4 is 11.8 Å². The SMILES string of the molecule is CNC(=O)Oc1ccc([N+](C)(C)C)cc1C(C)C. The molecule has 4 heteroatoms. The molecule has 0 aliphatic carbocycles. The van der Waals surface area contributed by atoms with Gasteiger partial charge in [-0.25, -0.2) is 4.79 Å². The number of rotatable bonds is 3. The molecule has 0 unspecified atom stereocenters. The first-order chi connectivity index (χ1) is 8.25. The van der Waals surface area contributed by atoms with Gasteiger partial charge in [0.25, 0.3) is 0 Å². The molecule has 0 saturated heterocycles. The highest BCUT2D eigenvalue weighted by molar-refractivity contribution is 5.71. The van der Waals surface area contributed by atoms with Crippen molar-refractivity contribution in [3.8, 4) is 5.75 Å². The topological polar surface area (TPSA) is 38.3 Å². The Hall–Kier alpha value is -1.55. The van der Waals surface area contributed by atoms with Crippen LogP contribution < -0.4 is 14.5 Å². The number of benzene rings is 1. The van der Waals surface area contributed by atoms with Crippen LogP contribution in [0.15, 0.2) is 18.2 Å². The second-order valence-electron chi connectivity index (χ2n) is 5.53. The van der Waals surface area contributed by atoms with Crippen molar-refractivity contribution < 1.29 is 9.53 Å². The van der Waals surface area contributed by atoms with Gasteiger partial charge in [-0.3, -0.25) is 4.48 Å². The highest BCUT2D eigenvalue weighted by Gasteiger charge is 2.18. The monoisotopic (exact) mass is 251 g/mol. The lowest BCUT2D eigenvalue weighted by atomic mass is 10.0. The van der Waals surface area contributed by atoms with E-state index >= 15 is 0 Å². The van der Waals surface area contributed by atoms with Gasteiger partial charge in [0.1, 0.15) is 11.4 Å². The summed E-state index contributed by atoms with van der Waals surface area (Å²) in [7, 11) is 7.88. The Labute approximate surface area is 109 Å². The number of carbonyl (C=O) groups is 1. The third-order valence-electron chi connectivity index (χ3n) is 2.80. The van der Waals surface area contributed by atoms with Crippen molar-refractivity contribution in [2.45, 2.75) is 19.8 Å². The molecule has 0 spiro atoms. The first-order valence-corrected chi connectivity index (χ1v) is 6.11. The normalized spacial score (nSPS) is 11.5. The van der Waals surface area contributed by atoms with Crippen molar-refractivity contribution in [2.24, 2.45) is 0 Å². The molecular formula is C14H23N2O2+. The van der Waals surface area contributed by atoms with Crippen molar-refractivity contribution in [1.29, 1.82) is 0 Å². The number of quaternary nitrogens is 1. The van der Waals surface area contributed by atoms with Gasteiger partial charge in [-0.15, -0.1) is 0 Å². The lowest BCUT2D eigenvalue weighted by molar-refractivity contribution is 0.202. The number of hydrogen-bond acceptors (Lipinski definition) is 2. The van der Waals surface area contributed by atoms with E-state index in [0.29, 0.717) is 11.7 Å². The molecule has 0 saturated carbocycles. The largest absolute Gasteiger partial charge is 0.412 e. The van der Waals surface area contributed by atoms with Crippen LogP contribution in [-0.4, -0.2) is 34.3 Å². The van der Waals surface area contributed by atoms with Crippen LogP contribution in [0.1, 0.15) is 25.3 Å². The zero-order valence-corrected chi connectivity index (χ0v) is 12.1. The minimum Gasteiger partial charge on any atom is -0.410 e. The molecule has 1 aromatic rings. The summed E-state index contributed by atoms with van der Waals surface area (Å²) in [5.41, 5.74) is 2.23. The molecule has 0 aliphatic rings. The molecule has 1 aromatic carbocycles. The third-order valence-corrected chi connectivity index (χ3v) is 2.80. The Morgan fingerprint density at radius 1 is 1.28 bits per heavy atom. The molecule has 0 aliphatic heterocycles. The van der Waals surface area contributed by atoms with Crippen molar-refractivity contribution in [3.05, 3.63) is 23.8 Å². The summed E-state index contributed by atoms with van der Waals surface area (Å²) in [5.74, 6) is 0.928. The predicted molar refractivity (Wildman–Crippen MR) is 75.2 cm³/mol. The number of hydrogen-bond donors (Lipinski definition) is 1. The van der Waals surface area contributed by atoms with E-state index in [9.17, 15) is 4.79 Å². The first-order valence-electron chi connectivity index (χ1n) is 6.11. The quantitative estimate of drug-likeness (QED) is 0.839. The Morgan fingerprint density at radius 3 is 2.33 bits per heavy atom. The number of nitrogens with zero attached hydrogens (tertiary/aromatic N) is 1. The van der Waals surface area contributed by atoms with Crippen LogP contribution in [0.5, 0.6) is 5.75 Å². The minimum atomic E-state index is -0.435. The van der Waals surface area contributed by atoms with Gasteiger partial charge in [-0.2, -0.15) is 0 Å². The Balaban J connectivity index is 3.17. The number of nitrogens with one attached hydrogen (secondary N) is 1. The van der Waals surface area contributed by atoms with Gasteiger partial charge in [-0.1, -0.05) is 13.8 Å². The fraction of sp³-hybridized carbons (Fsp3) is 0.500. The maximum absolute atomic E-state index is 11.3. The molecule has 0 radical (unpaired) electrons. The lowest BCUT2D eigenvalue weighted by Gasteiger charge is -2.25. The van der Waals surface area contributed by atoms with Crippen LogP contribution in [0, 0.1) is 0 Å². The van der Waals surface area contributed by atoms with Crippen LogP contribution in [0.2, 0.25) is 0 Å². The first kappa shape index (κ1) is 14.5. The molecule has 1 amide bonds. The lowest BCUT2D eigenvalue weighted by Crippen LogP contribution is -2.34. The second kappa shape index (κ2) is 5.40. The maximum Gasteiger partial charge on any atom is 0.412 e. The molecule has 1 N–H and O–H groups in total. The maximum atomic E-state index is 11.3. The van der Waals surface area contributed by atoms with Crippen LogP contribution in [0.25, 0.3) is 0 Å². The molecular weight excluding hydrogens is 228 g/mol. The van der Waals surface area contributed by atoms with Crippen LogP contribution in [0.3, 0.4) is 0 Å². The average Bonchev–Trinajstić information content (AvgIpc) is 2.27. The molecule has 1 rings (SSSR count). The molecule has 0 fully saturated rings. The van der Waals surface area contributed by atoms with E-state index in [4.69, 9.17) is 4.74 Å². The van der Waals surface area contributed by atoms with E-state index in [2.05, 4.69) is 46.4 Å². The van der Waals surface area contributed by atoms with E-state index in [1.165, 1.54) is 5.69 Å². The van der Waals surface area contributed by atoms with Crippen molar-refractivity contribution in [2.75, 3.05) is 28.2 Å². The third kappa shape index (κ3) is 3.47. The highest BCUT2D eigenvalue weighted by atomic mass is 16.6. The summed E-state index contributed by atoms with van der Waals surface area (Å²) in [4.78, 5) is 11.3. The smallest absolute Gasteiger partial charge is 0.410 e. The van der Waals surface area contributed by atoms with Gasteiger partial charge in [0.2, 0.25) is 0 Å². The zero-order chi connectivity index (χ0) is 13.9. The molecule has 0 atom stereocenters. The number of amides is 1. The number of carbonyl (C=O) groups excluding carboxylic acids is 1. The molecule has 18 heavy (non-hydrogen) atoms. The summed E-state index contributed by atoms with van der Waals surface area (Å²) >= 11 is 0. The Kier molecular flexibility index (Phi) is 4.35. The summed E-state index contributed by atoms with van der Waals surface area (Å²) in [6.45, 7) is 4.18. The number of ether oxygens (including phenoxy) is 1. The van der Waals surface area contributed by atoms with E-state index < -0.39 is 6.09 Å². The van der Waals surface area contributed by atoms with Crippen molar-refractivity contribution in [1.82, 2.24) is 9.80 Å². The standard InChI is InChI=1S/C14H22N2O2/c1-10(2)12-9-11(16(4,5)6)7-8-13(12)18-14(17)15-3/h7-10H,1-6H3/p+1. The zero-order valence-electron chi connectivity index (χ0n) is 12.1. The van der Waals surface area contributed by atoms with Gasteiger partial charge in [0.15, 0.2) is 0 Å². The van der Waals surface area contributed by atoms with E-state index in [1.54, 1.807) is 7.05 Å². The van der Waals surface area contributed by atoms with Crippen LogP contribution in [-0.2, 0) is 0 Å². The Bertz CT molecular complexity index is 434. The highest BCUT2D eigenvalue weighted by Crippen LogP contribution is 2.31. The molecule has 0 bridgehead atoms. The van der Waals surface area contributed by atoms with Crippen LogP contribution >= 0.6 is 0 Å². The van der Waals surface area contributed by atoms with Gasteiger partial charge in [-0.05, 0) is 12.0 Å². The molecule has 0 aromatic heterocycles.